The summed E-state index contributed by atoms with van der Waals surface area (Å²) in [6.07, 6.45) is 1.94. The first kappa shape index (κ1) is 16.4. The molecule has 130 valence electrons. The van der Waals surface area contributed by atoms with Gasteiger partial charge in [0.1, 0.15) is 22.1 Å². The van der Waals surface area contributed by atoms with Gasteiger partial charge in [-0.05, 0) is 6.07 Å². The molecule has 0 fully saturated rings. The lowest BCUT2D eigenvalue weighted by Gasteiger charge is -2.09. The minimum atomic E-state index is 0.458. The lowest BCUT2D eigenvalue weighted by Crippen LogP contribution is -2.04. The number of nitrogens with two attached hydrogens (primary N) is 1. The SMILES string of the molecule is COc1ccccc1Cn1cc(-c2csc(-c3ccccc3)n2)nc1N. The number of benzene rings is 2. The number of ether oxygens (including phenoxy) is 1. The Labute approximate surface area is 155 Å². The van der Waals surface area contributed by atoms with E-state index in [2.05, 4.69) is 17.1 Å². The molecule has 0 aliphatic carbocycles. The average Bonchev–Trinajstić information content (AvgIpc) is 3.30. The van der Waals surface area contributed by atoms with E-state index in [0.29, 0.717) is 12.5 Å². The highest BCUT2D eigenvalue weighted by Gasteiger charge is 2.13. The van der Waals surface area contributed by atoms with Crippen LogP contribution in [0.25, 0.3) is 22.0 Å². The van der Waals surface area contributed by atoms with Crippen LogP contribution in [0.4, 0.5) is 5.95 Å². The number of rotatable bonds is 5. The number of hydrogen-bond acceptors (Lipinski definition) is 5. The van der Waals surface area contributed by atoms with Crippen molar-refractivity contribution in [2.75, 3.05) is 12.8 Å². The Morgan fingerprint density at radius 2 is 1.77 bits per heavy atom. The van der Waals surface area contributed by atoms with E-state index in [-0.39, 0.29) is 0 Å². The fourth-order valence-electron chi connectivity index (χ4n) is 2.80. The van der Waals surface area contributed by atoms with Crippen molar-refractivity contribution in [1.82, 2.24) is 14.5 Å². The summed E-state index contributed by atoms with van der Waals surface area (Å²) in [7, 11) is 1.67. The molecule has 26 heavy (non-hydrogen) atoms. The third-order valence-electron chi connectivity index (χ3n) is 4.13. The number of anilines is 1. The molecular weight excluding hydrogens is 344 g/mol. The van der Waals surface area contributed by atoms with E-state index >= 15 is 0 Å². The second kappa shape index (κ2) is 7.01. The minimum Gasteiger partial charge on any atom is -0.496 e. The molecule has 4 rings (SSSR count). The summed E-state index contributed by atoms with van der Waals surface area (Å²) < 4.78 is 7.33. The van der Waals surface area contributed by atoms with Gasteiger partial charge in [-0.15, -0.1) is 11.3 Å². The Morgan fingerprint density at radius 1 is 1.00 bits per heavy atom. The van der Waals surface area contributed by atoms with Crippen LogP contribution in [0.2, 0.25) is 0 Å². The summed E-state index contributed by atoms with van der Waals surface area (Å²) in [5.74, 6) is 1.29. The normalized spacial score (nSPS) is 10.8. The molecule has 4 aromatic rings. The van der Waals surface area contributed by atoms with Crippen LogP contribution < -0.4 is 10.5 Å². The summed E-state index contributed by atoms with van der Waals surface area (Å²) in [4.78, 5) is 9.19. The van der Waals surface area contributed by atoms with Crippen LogP contribution in [-0.4, -0.2) is 21.6 Å². The Bertz CT molecular complexity index is 1020. The van der Waals surface area contributed by atoms with Gasteiger partial charge in [0.15, 0.2) is 0 Å². The predicted molar refractivity (Wildman–Crippen MR) is 105 cm³/mol. The van der Waals surface area contributed by atoms with Crippen LogP contribution in [0.1, 0.15) is 5.56 Å². The van der Waals surface area contributed by atoms with E-state index in [1.165, 1.54) is 0 Å². The van der Waals surface area contributed by atoms with Gasteiger partial charge in [0.25, 0.3) is 0 Å². The zero-order valence-electron chi connectivity index (χ0n) is 14.3. The van der Waals surface area contributed by atoms with Crippen molar-refractivity contribution in [3.8, 4) is 27.7 Å². The van der Waals surface area contributed by atoms with Crippen LogP contribution in [0.3, 0.4) is 0 Å². The molecule has 5 nitrogen and oxygen atoms in total. The minimum absolute atomic E-state index is 0.458. The number of nitrogen functional groups attached to an aromatic ring is 1. The van der Waals surface area contributed by atoms with Crippen molar-refractivity contribution in [3.63, 3.8) is 0 Å². The van der Waals surface area contributed by atoms with E-state index in [9.17, 15) is 0 Å². The quantitative estimate of drug-likeness (QED) is 0.574. The molecular formula is C20H18N4OS. The molecule has 0 saturated carbocycles. The molecule has 0 spiro atoms. The number of nitrogens with zero attached hydrogens (tertiary/aromatic N) is 3. The number of para-hydroxylation sites is 1. The Balaban J connectivity index is 1.62. The van der Waals surface area contributed by atoms with Crippen molar-refractivity contribution in [2.45, 2.75) is 6.54 Å². The first-order valence-electron chi connectivity index (χ1n) is 8.20. The standard InChI is InChI=1S/C20H18N4OS/c1-25-18-10-6-5-9-15(18)11-24-12-16(23-20(24)21)17-13-26-19(22-17)14-7-3-2-4-8-14/h2-10,12-13H,11H2,1H3,(H2,21,23). The highest BCUT2D eigenvalue weighted by atomic mass is 32.1. The molecule has 2 heterocycles. The largest absolute Gasteiger partial charge is 0.496 e. The van der Waals surface area contributed by atoms with Crippen LogP contribution in [0.15, 0.2) is 66.2 Å². The van der Waals surface area contributed by atoms with Crippen molar-refractivity contribution in [1.29, 1.82) is 0 Å². The van der Waals surface area contributed by atoms with Gasteiger partial charge in [-0.3, -0.25) is 0 Å². The topological polar surface area (TPSA) is 66.0 Å². The van der Waals surface area contributed by atoms with Crippen molar-refractivity contribution in [3.05, 3.63) is 71.7 Å². The van der Waals surface area contributed by atoms with E-state index in [0.717, 1.165) is 33.3 Å². The van der Waals surface area contributed by atoms with Gasteiger partial charge in [0.2, 0.25) is 5.95 Å². The molecule has 2 aromatic carbocycles. The van der Waals surface area contributed by atoms with Gasteiger partial charge in [0, 0.05) is 22.7 Å². The van der Waals surface area contributed by atoms with Crippen molar-refractivity contribution >= 4 is 17.3 Å². The van der Waals surface area contributed by atoms with E-state index in [1.54, 1.807) is 18.4 Å². The zero-order valence-corrected chi connectivity index (χ0v) is 15.1. The number of aromatic nitrogens is 3. The molecule has 0 bridgehead atoms. The molecule has 2 aromatic heterocycles. The van der Waals surface area contributed by atoms with Crippen molar-refractivity contribution < 1.29 is 4.74 Å². The maximum Gasteiger partial charge on any atom is 0.201 e. The summed E-state index contributed by atoms with van der Waals surface area (Å²) in [5, 5.41) is 2.98. The second-order valence-electron chi connectivity index (χ2n) is 5.83. The Morgan fingerprint density at radius 3 is 2.58 bits per heavy atom. The Hall–Kier alpha value is -3.12. The second-order valence-corrected chi connectivity index (χ2v) is 6.69. The number of thiazole rings is 1. The highest BCUT2D eigenvalue weighted by Crippen LogP contribution is 2.29. The fourth-order valence-corrected chi connectivity index (χ4v) is 3.62. The van der Waals surface area contributed by atoms with E-state index in [4.69, 9.17) is 15.5 Å². The molecule has 6 heteroatoms. The molecule has 2 N–H and O–H groups in total. The third kappa shape index (κ3) is 3.19. The van der Waals surface area contributed by atoms with Crippen LogP contribution in [-0.2, 0) is 6.54 Å². The van der Waals surface area contributed by atoms with Gasteiger partial charge in [-0.2, -0.15) is 0 Å². The lowest BCUT2D eigenvalue weighted by molar-refractivity contribution is 0.408. The zero-order chi connectivity index (χ0) is 17.9. The van der Waals surface area contributed by atoms with Gasteiger partial charge < -0.3 is 15.0 Å². The molecule has 0 aliphatic heterocycles. The lowest BCUT2D eigenvalue weighted by atomic mass is 10.2. The molecule has 0 aliphatic rings. The Kier molecular flexibility index (Phi) is 4.41. The van der Waals surface area contributed by atoms with E-state index < -0.39 is 0 Å². The van der Waals surface area contributed by atoms with Crippen molar-refractivity contribution in [2.24, 2.45) is 0 Å². The van der Waals surface area contributed by atoms with Crippen LogP contribution in [0, 0.1) is 0 Å². The van der Waals surface area contributed by atoms with Crippen LogP contribution in [0.5, 0.6) is 5.75 Å². The highest BCUT2D eigenvalue weighted by molar-refractivity contribution is 7.13. The van der Waals surface area contributed by atoms with Gasteiger partial charge >= 0.3 is 0 Å². The van der Waals surface area contributed by atoms with Gasteiger partial charge in [0.05, 0.1) is 13.7 Å². The fraction of sp³-hybridized carbons (Fsp3) is 0.100. The summed E-state index contributed by atoms with van der Waals surface area (Å²) in [5.41, 5.74) is 9.88. The number of imidazole rings is 1. The summed E-state index contributed by atoms with van der Waals surface area (Å²) in [6, 6.07) is 18.0. The molecule has 0 radical (unpaired) electrons. The number of hydrogen-bond donors (Lipinski definition) is 1. The van der Waals surface area contributed by atoms with Gasteiger partial charge in [-0.25, -0.2) is 9.97 Å². The maximum absolute atomic E-state index is 6.12. The third-order valence-corrected chi connectivity index (χ3v) is 5.02. The summed E-state index contributed by atoms with van der Waals surface area (Å²) in [6.45, 7) is 0.596. The predicted octanol–water partition coefficient (Wildman–Crippen LogP) is 4.31. The van der Waals surface area contributed by atoms with E-state index in [1.807, 2.05) is 58.6 Å². The molecule has 0 atom stereocenters. The van der Waals surface area contributed by atoms with Crippen LogP contribution >= 0.6 is 11.3 Å². The smallest absolute Gasteiger partial charge is 0.201 e. The molecule has 0 unspecified atom stereocenters. The monoisotopic (exact) mass is 362 g/mol. The summed E-state index contributed by atoms with van der Waals surface area (Å²) >= 11 is 1.60. The average molecular weight is 362 g/mol. The first-order chi connectivity index (χ1) is 12.7. The molecule has 0 saturated heterocycles. The number of methoxy groups -OCH3 is 1. The maximum atomic E-state index is 6.12. The first-order valence-corrected chi connectivity index (χ1v) is 9.08. The van der Waals surface area contributed by atoms with Gasteiger partial charge in [-0.1, -0.05) is 48.5 Å². The molecule has 0 amide bonds.